The molecule has 37 heavy (non-hydrogen) atoms. The number of nitro benzene ring substituents is 1. The standard InChI is InChI=1S/C26H29N5O5S/c1-4-30-24(32)23(37-26(30)27-20-8-6-7-19(17-20)25(33)36-5-2)16-18-9-10-21(22(15-18)31(34)35)29-13-11-28(3)12-14-29/h6-10,15-17H,4-5,11-14H2,1-3H3. The molecule has 0 N–H and O–H groups in total. The molecule has 0 radical (unpaired) electrons. The highest BCUT2D eigenvalue weighted by atomic mass is 32.2. The van der Waals surface area contributed by atoms with Crippen LogP contribution in [0.4, 0.5) is 17.1 Å². The highest BCUT2D eigenvalue weighted by Gasteiger charge is 2.32. The minimum Gasteiger partial charge on any atom is -0.462 e. The van der Waals surface area contributed by atoms with E-state index in [9.17, 15) is 19.7 Å². The Hall–Kier alpha value is -3.70. The molecule has 2 saturated heterocycles. The summed E-state index contributed by atoms with van der Waals surface area (Å²) in [5.41, 5.74) is 2.08. The Bertz CT molecular complexity index is 1270. The number of aliphatic imine (C=N–C) groups is 1. The van der Waals surface area contributed by atoms with Gasteiger partial charge in [0.15, 0.2) is 5.17 Å². The van der Waals surface area contributed by atoms with Gasteiger partial charge in [0.05, 0.1) is 27.7 Å². The zero-order valence-electron chi connectivity index (χ0n) is 21.0. The number of hydrogen-bond donors (Lipinski definition) is 0. The van der Waals surface area contributed by atoms with Crippen molar-refractivity contribution >= 4 is 51.9 Å². The summed E-state index contributed by atoms with van der Waals surface area (Å²) >= 11 is 1.20. The number of nitrogens with zero attached hydrogens (tertiary/aromatic N) is 5. The molecule has 2 aliphatic rings. The lowest BCUT2D eigenvalue weighted by Crippen LogP contribution is -2.44. The quantitative estimate of drug-likeness (QED) is 0.231. The lowest BCUT2D eigenvalue weighted by atomic mass is 10.1. The molecule has 10 nitrogen and oxygen atoms in total. The van der Waals surface area contributed by atoms with Crippen molar-refractivity contribution in [2.75, 3.05) is 51.3 Å². The number of thioether (sulfide) groups is 1. The average Bonchev–Trinajstić information content (AvgIpc) is 3.18. The van der Waals surface area contributed by atoms with Crippen LogP contribution >= 0.6 is 11.8 Å². The van der Waals surface area contributed by atoms with Crippen LogP contribution in [0.15, 0.2) is 52.4 Å². The number of carbonyl (C=O) groups is 2. The normalized spacial score (nSPS) is 18.6. The summed E-state index contributed by atoms with van der Waals surface area (Å²) in [6, 6.07) is 11.8. The van der Waals surface area contributed by atoms with Crippen molar-refractivity contribution in [1.82, 2.24) is 9.80 Å². The first-order valence-electron chi connectivity index (χ1n) is 12.1. The molecular weight excluding hydrogens is 494 g/mol. The highest BCUT2D eigenvalue weighted by molar-refractivity contribution is 8.18. The largest absolute Gasteiger partial charge is 0.462 e. The van der Waals surface area contributed by atoms with Crippen LogP contribution in [0, 0.1) is 10.1 Å². The summed E-state index contributed by atoms with van der Waals surface area (Å²) < 4.78 is 5.05. The number of amides is 1. The molecule has 0 bridgehead atoms. The summed E-state index contributed by atoms with van der Waals surface area (Å²) in [6.07, 6.45) is 1.66. The maximum atomic E-state index is 13.1. The van der Waals surface area contributed by atoms with Crippen molar-refractivity contribution < 1.29 is 19.2 Å². The SMILES string of the molecule is CCOC(=O)c1cccc(N=C2SC(=Cc3ccc(N4CCN(C)CC4)c([N+](=O)[O-])c3)C(=O)N2CC)c1. The van der Waals surface area contributed by atoms with Gasteiger partial charge < -0.3 is 14.5 Å². The number of amidine groups is 1. The number of nitro groups is 1. The van der Waals surface area contributed by atoms with Crippen LogP contribution in [-0.4, -0.2) is 78.1 Å². The van der Waals surface area contributed by atoms with Gasteiger partial charge in [-0.3, -0.25) is 19.8 Å². The number of hydrogen-bond acceptors (Lipinski definition) is 9. The van der Waals surface area contributed by atoms with Gasteiger partial charge in [-0.05, 0) is 68.6 Å². The number of rotatable bonds is 7. The van der Waals surface area contributed by atoms with Gasteiger partial charge in [-0.1, -0.05) is 12.1 Å². The molecular formula is C26H29N5O5S. The molecule has 4 rings (SSSR count). The van der Waals surface area contributed by atoms with Gasteiger partial charge in [0.2, 0.25) is 0 Å². The van der Waals surface area contributed by atoms with Gasteiger partial charge in [-0.2, -0.15) is 0 Å². The van der Waals surface area contributed by atoms with Crippen LogP contribution < -0.4 is 4.90 Å². The van der Waals surface area contributed by atoms with E-state index >= 15 is 0 Å². The lowest BCUT2D eigenvalue weighted by Gasteiger charge is -2.33. The minimum absolute atomic E-state index is 0.0198. The number of likely N-dealkylation sites (N-methyl/N-ethyl adjacent to an activating group) is 2. The van der Waals surface area contributed by atoms with E-state index in [-0.39, 0.29) is 23.1 Å². The molecule has 11 heteroatoms. The van der Waals surface area contributed by atoms with Crippen molar-refractivity contribution in [1.29, 1.82) is 0 Å². The number of ether oxygens (including phenoxy) is 1. The van der Waals surface area contributed by atoms with E-state index in [0.717, 1.165) is 26.2 Å². The second-order valence-corrected chi connectivity index (χ2v) is 9.63. The van der Waals surface area contributed by atoms with Gasteiger partial charge in [0, 0.05) is 38.8 Å². The average molecular weight is 524 g/mol. The topological polar surface area (TPSA) is 109 Å². The molecule has 0 saturated carbocycles. The molecule has 0 aromatic heterocycles. The zero-order chi connectivity index (χ0) is 26.5. The van der Waals surface area contributed by atoms with E-state index in [1.165, 1.54) is 17.8 Å². The Labute approximate surface area is 219 Å². The maximum Gasteiger partial charge on any atom is 0.338 e. The Kier molecular flexibility index (Phi) is 8.24. The van der Waals surface area contributed by atoms with Crippen LogP contribution in [0.1, 0.15) is 29.8 Å². The summed E-state index contributed by atoms with van der Waals surface area (Å²) in [5.74, 6) is -0.659. The molecule has 194 valence electrons. The van der Waals surface area contributed by atoms with E-state index in [1.807, 2.05) is 18.9 Å². The molecule has 2 aromatic rings. The third-order valence-corrected chi connectivity index (χ3v) is 7.13. The first kappa shape index (κ1) is 26.4. The van der Waals surface area contributed by atoms with E-state index in [4.69, 9.17) is 4.74 Å². The molecule has 0 atom stereocenters. The predicted octanol–water partition coefficient (Wildman–Crippen LogP) is 4.15. The first-order chi connectivity index (χ1) is 17.8. The van der Waals surface area contributed by atoms with E-state index in [0.29, 0.717) is 39.1 Å². The summed E-state index contributed by atoms with van der Waals surface area (Å²) in [6.45, 7) is 7.38. The van der Waals surface area contributed by atoms with Gasteiger partial charge in [0.25, 0.3) is 11.6 Å². The van der Waals surface area contributed by atoms with Crippen molar-refractivity contribution in [3.05, 3.63) is 68.6 Å². The Morgan fingerprint density at radius 2 is 1.92 bits per heavy atom. The number of benzene rings is 2. The van der Waals surface area contributed by atoms with Crippen LogP contribution in [0.25, 0.3) is 6.08 Å². The second kappa shape index (κ2) is 11.6. The third-order valence-electron chi connectivity index (χ3n) is 6.12. The van der Waals surface area contributed by atoms with E-state index in [2.05, 4.69) is 9.89 Å². The van der Waals surface area contributed by atoms with Gasteiger partial charge in [-0.15, -0.1) is 0 Å². The highest BCUT2D eigenvalue weighted by Crippen LogP contribution is 2.36. The predicted molar refractivity (Wildman–Crippen MR) is 145 cm³/mol. The van der Waals surface area contributed by atoms with Gasteiger partial charge in [0.1, 0.15) is 5.69 Å². The Morgan fingerprint density at radius 1 is 1.16 bits per heavy atom. The molecule has 0 aliphatic carbocycles. The van der Waals surface area contributed by atoms with E-state index < -0.39 is 5.97 Å². The smallest absolute Gasteiger partial charge is 0.338 e. The molecule has 2 aromatic carbocycles. The molecule has 2 fully saturated rings. The summed E-state index contributed by atoms with van der Waals surface area (Å²) in [7, 11) is 2.03. The molecule has 2 heterocycles. The van der Waals surface area contributed by atoms with Crippen molar-refractivity contribution in [2.24, 2.45) is 4.99 Å². The first-order valence-corrected chi connectivity index (χ1v) is 12.9. The maximum absolute atomic E-state index is 13.1. The second-order valence-electron chi connectivity index (χ2n) is 8.62. The molecule has 2 aliphatic heterocycles. The summed E-state index contributed by atoms with van der Waals surface area (Å²) in [5, 5.41) is 12.3. The van der Waals surface area contributed by atoms with Crippen molar-refractivity contribution in [3.63, 3.8) is 0 Å². The van der Waals surface area contributed by atoms with Gasteiger partial charge in [-0.25, -0.2) is 9.79 Å². The zero-order valence-corrected chi connectivity index (χ0v) is 21.9. The number of esters is 1. The third kappa shape index (κ3) is 6.00. The molecule has 1 amide bonds. The number of carbonyl (C=O) groups excluding carboxylic acids is 2. The number of anilines is 1. The van der Waals surface area contributed by atoms with E-state index in [1.54, 1.807) is 54.3 Å². The summed E-state index contributed by atoms with van der Waals surface area (Å²) in [4.78, 5) is 47.4. The fourth-order valence-electron chi connectivity index (χ4n) is 4.14. The van der Waals surface area contributed by atoms with Crippen molar-refractivity contribution in [2.45, 2.75) is 13.8 Å². The fraction of sp³-hybridized carbons (Fsp3) is 0.346. The van der Waals surface area contributed by atoms with Crippen LogP contribution in [-0.2, 0) is 9.53 Å². The minimum atomic E-state index is -0.436. The van der Waals surface area contributed by atoms with Gasteiger partial charge >= 0.3 is 5.97 Å². The molecule has 0 unspecified atom stereocenters. The van der Waals surface area contributed by atoms with Crippen molar-refractivity contribution in [3.8, 4) is 0 Å². The Morgan fingerprint density at radius 3 is 2.59 bits per heavy atom. The lowest BCUT2D eigenvalue weighted by molar-refractivity contribution is -0.384. The monoisotopic (exact) mass is 523 g/mol. The molecule has 0 spiro atoms. The van der Waals surface area contributed by atoms with Crippen LogP contribution in [0.2, 0.25) is 0 Å². The fourth-order valence-corrected chi connectivity index (χ4v) is 5.20. The Balaban J connectivity index is 1.61. The van der Waals surface area contributed by atoms with Crippen LogP contribution in [0.5, 0.6) is 0 Å². The van der Waals surface area contributed by atoms with Crippen LogP contribution in [0.3, 0.4) is 0 Å². The number of piperazine rings is 1.